The van der Waals surface area contributed by atoms with Crippen LogP contribution in [0.2, 0.25) is 0 Å². The van der Waals surface area contributed by atoms with Crippen molar-refractivity contribution in [2.75, 3.05) is 10.6 Å². The van der Waals surface area contributed by atoms with E-state index in [1.54, 1.807) is 24.4 Å². The Hall–Kier alpha value is -3.80. The second kappa shape index (κ2) is 8.26. The topological polar surface area (TPSA) is 62.7 Å². The van der Waals surface area contributed by atoms with Crippen LogP contribution in [0.25, 0.3) is 11.3 Å². The third-order valence-electron chi connectivity index (χ3n) is 4.09. The van der Waals surface area contributed by atoms with E-state index in [9.17, 15) is 4.39 Å². The molecule has 2 N–H and O–H groups in total. The Morgan fingerprint density at radius 2 is 1.61 bits per heavy atom. The molecule has 0 bridgehead atoms. The molecule has 138 valence electrons. The Balaban J connectivity index is 1.65. The number of aromatic nitrogens is 3. The molecule has 0 saturated heterocycles. The van der Waals surface area contributed by atoms with Crippen LogP contribution in [0.5, 0.6) is 0 Å². The molecular weight excluding hydrogens is 353 g/mol. The van der Waals surface area contributed by atoms with Crippen molar-refractivity contribution in [3.63, 3.8) is 0 Å². The first kappa shape index (κ1) is 17.6. The summed E-state index contributed by atoms with van der Waals surface area (Å²) in [6.45, 7) is 0.519. The quantitative estimate of drug-likeness (QED) is 0.497. The van der Waals surface area contributed by atoms with Crippen LogP contribution in [-0.2, 0) is 6.54 Å². The van der Waals surface area contributed by atoms with Gasteiger partial charge in [0.1, 0.15) is 11.6 Å². The zero-order valence-electron chi connectivity index (χ0n) is 15.0. The van der Waals surface area contributed by atoms with Crippen molar-refractivity contribution in [1.82, 2.24) is 15.0 Å². The molecule has 6 heteroatoms. The number of hydrogen-bond donors (Lipinski definition) is 2. The fraction of sp³-hybridized carbons (Fsp3) is 0.0455. The summed E-state index contributed by atoms with van der Waals surface area (Å²) < 4.78 is 14.0. The van der Waals surface area contributed by atoms with Crippen LogP contribution in [0.15, 0.2) is 85.1 Å². The highest BCUT2D eigenvalue weighted by atomic mass is 19.1. The third kappa shape index (κ3) is 4.29. The zero-order valence-corrected chi connectivity index (χ0v) is 15.0. The summed E-state index contributed by atoms with van der Waals surface area (Å²) in [6, 6.07) is 23.8. The number of halogens is 1. The van der Waals surface area contributed by atoms with E-state index in [0.717, 1.165) is 17.0 Å². The summed E-state index contributed by atoms with van der Waals surface area (Å²) >= 11 is 0. The first-order chi connectivity index (χ1) is 13.8. The Kier molecular flexibility index (Phi) is 5.20. The lowest BCUT2D eigenvalue weighted by Crippen LogP contribution is -2.07. The van der Waals surface area contributed by atoms with Crippen LogP contribution in [0.1, 0.15) is 5.69 Å². The largest absolute Gasteiger partial charge is 0.364 e. The molecule has 0 fully saturated rings. The average molecular weight is 371 g/mol. The number of rotatable bonds is 6. The second-order valence-electron chi connectivity index (χ2n) is 6.11. The predicted octanol–water partition coefficient (Wildman–Crippen LogP) is 5.03. The van der Waals surface area contributed by atoms with Gasteiger partial charge >= 0.3 is 0 Å². The van der Waals surface area contributed by atoms with Gasteiger partial charge in [0.2, 0.25) is 5.95 Å². The van der Waals surface area contributed by atoms with Gasteiger partial charge in [-0.05, 0) is 24.3 Å². The van der Waals surface area contributed by atoms with Crippen molar-refractivity contribution in [3.05, 3.63) is 96.6 Å². The molecule has 0 spiro atoms. The van der Waals surface area contributed by atoms with Crippen molar-refractivity contribution in [2.24, 2.45) is 0 Å². The zero-order chi connectivity index (χ0) is 19.2. The Morgan fingerprint density at radius 1 is 0.821 bits per heavy atom. The number of anilines is 3. The van der Waals surface area contributed by atoms with Gasteiger partial charge in [0.25, 0.3) is 0 Å². The van der Waals surface area contributed by atoms with Crippen LogP contribution < -0.4 is 10.6 Å². The molecule has 0 aliphatic carbocycles. The van der Waals surface area contributed by atoms with Gasteiger partial charge in [0.05, 0.1) is 23.6 Å². The summed E-state index contributed by atoms with van der Waals surface area (Å²) in [7, 11) is 0. The van der Waals surface area contributed by atoms with Crippen molar-refractivity contribution < 1.29 is 4.39 Å². The molecule has 4 aromatic rings. The molecule has 0 radical (unpaired) electrons. The van der Waals surface area contributed by atoms with Crippen LogP contribution >= 0.6 is 0 Å². The second-order valence-corrected chi connectivity index (χ2v) is 6.11. The van der Waals surface area contributed by atoms with E-state index in [-0.39, 0.29) is 5.82 Å². The molecule has 0 saturated carbocycles. The van der Waals surface area contributed by atoms with E-state index < -0.39 is 0 Å². The Labute approximate surface area is 162 Å². The van der Waals surface area contributed by atoms with Crippen LogP contribution in [0, 0.1) is 5.82 Å². The van der Waals surface area contributed by atoms with E-state index in [2.05, 4.69) is 25.6 Å². The average Bonchev–Trinajstić information content (AvgIpc) is 2.75. The highest BCUT2D eigenvalue weighted by Crippen LogP contribution is 2.24. The van der Waals surface area contributed by atoms with Gasteiger partial charge in [-0.15, -0.1) is 0 Å². The van der Waals surface area contributed by atoms with Crippen LogP contribution in [0.3, 0.4) is 0 Å². The smallest absolute Gasteiger partial charge is 0.229 e. The number of hydrogen-bond acceptors (Lipinski definition) is 5. The number of benzene rings is 2. The maximum Gasteiger partial charge on any atom is 0.229 e. The predicted molar refractivity (Wildman–Crippen MR) is 109 cm³/mol. The van der Waals surface area contributed by atoms with Crippen molar-refractivity contribution >= 4 is 17.5 Å². The van der Waals surface area contributed by atoms with Crippen molar-refractivity contribution in [1.29, 1.82) is 0 Å². The van der Waals surface area contributed by atoms with Gasteiger partial charge in [-0.25, -0.2) is 9.37 Å². The first-order valence-electron chi connectivity index (χ1n) is 8.88. The van der Waals surface area contributed by atoms with Gasteiger partial charge in [0.15, 0.2) is 0 Å². The first-order valence-corrected chi connectivity index (χ1v) is 8.88. The fourth-order valence-electron chi connectivity index (χ4n) is 2.72. The molecule has 0 aliphatic rings. The fourth-order valence-corrected chi connectivity index (χ4v) is 2.72. The van der Waals surface area contributed by atoms with Gasteiger partial charge in [-0.2, -0.15) is 4.98 Å². The molecule has 0 unspecified atom stereocenters. The van der Waals surface area contributed by atoms with Crippen molar-refractivity contribution in [3.8, 4) is 11.3 Å². The summed E-state index contributed by atoms with van der Waals surface area (Å²) in [5.41, 5.74) is 2.90. The number of nitrogens with zero attached hydrogens (tertiary/aromatic N) is 3. The van der Waals surface area contributed by atoms with E-state index in [1.165, 1.54) is 6.07 Å². The third-order valence-corrected chi connectivity index (χ3v) is 4.09. The van der Waals surface area contributed by atoms with Gasteiger partial charge in [-0.1, -0.05) is 48.5 Å². The number of pyridine rings is 1. The maximum absolute atomic E-state index is 14.0. The van der Waals surface area contributed by atoms with Crippen molar-refractivity contribution in [2.45, 2.75) is 6.54 Å². The van der Waals surface area contributed by atoms with Crippen LogP contribution in [-0.4, -0.2) is 15.0 Å². The van der Waals surface area contributed by atoms with E-state index in [1.807, 2.05) is 54.6 Å². The molecular formula is C22H18FN5. The molecule has 2 aromatic heterocycles. The van der Waals surface area contributed by atoms with Gasteiger partial charge < -0.3 is 10.6 Å². The summed E-state index contributed by atoms with van der Waals surface area (Å²) in [5.74, 6) is 0.576. The molecule has 4 rings (SSSR count). The minimum absolute atomic E-state index is 0.315. The Bertz CT molecular complexity index is 1050. The van der Waals surface area contributed by atoms with E-state index in [0.29, 0.717) is 24.0 Å². The normalized spacial score (nSPS) is 10.5. The molecule has 2 aromatic carbocycles. The summed E-state index contributed by atoms with van der Waals surface area (Å²) in [5, 5.41) is 6.23. The number of nitrogens with one attached hydrogen (secondary N) is 2. The lowest BCUT2D eigenvalue weighted by Gasteiger charge is -2.12. The lowest BCUT2D eigenvalue weighted by atomic mass is 10.1. The number of para-hydroxylation sites is 1. The lowest BCUT2D eigenvalue weighted by molar-refractivity contribution is 0.631. The van der Waals surface area contributed by atoms with Gasteiger partial charge in [0, 0.05) is 17.8 Å². The minimum atomic E-state index is -0.362. The molecule has 0 atom stereocenters. The molecule has 2 heterocycles. The maximum atomic E-state index is 14.0. The highest BCUT2D eigenvalue weighted by Gasteiger charge is 2.09. The minimum Gasteiger partial charge on any atom is -0.364 e. The van der Waals surface area contributed by atoms with Crippen LogP contribution in [0.4, 0.5) is 21.8 Å². The summed E-state index contributed by atoms with van der Waals surface area (Å²) in [6.07, 6.45) is 1.75. The molecule has 0 amide bonds. The molecule has 0 aliphatic heterocycles. The summed E-state index contributed by atoms with van der Waals surface area (Å²) in [4.78, 5) is 13.3. The van der Waals surface area contributed by atoms with Gasteiger partial charge in [-0.3, -0.25) is 4.98 Å². The Morgan fingerprint density at radius 3 is 2.39 bits per heavy atom. The van der Waals surface area contributed by atoms with E-state index >= 15 is 0 Å². The van der Waals surface area contributed by atoms with E-state index in [4.69, 9.17) is 0 Å². The monoisotopic (exact) mass is 371 g/mol. The molecule has 28 heavy (non-hydrogen) atoms. The standard InChI is InChI=1S/C22H18FN5/c23-18-11-4-5-12-19(18)26-22-27-20(16-8-2-1-3-9-16)14-21(28-22)25-15-17-10-6-7-13-24-17/h1-14H,15H2,(H2,25,26,27,28). The molecule has 5 nitrogen and oxygen atoms in total. The highest BCUT2D eigenvalue weighted by molar-refractivity contribution is 5.66. The SMILES string of the molecule is Fc1ccccc1Nc1nc(NCc2ccccn2)cc(-c2ccccc2)n1.